The van der Waals surface area contributed by atoms with Crippen LogP contribution in [0.15, 0.2) is 72.3 Å². The first-order valence-electron chi connectivity index (χ1n) is 10.3. The maximum atomic E-state index is 12.7. The summed E-state index contributed by atoms with van der Waals surface area (Å²) in [7, 11) is 0. The molecule has 8 heteroatoms. The van der Waals surface area contributed by atoms with Gasteiger partial charge in [0, 0.05) is 21.3 Å². The molecule has 0 unspecified atom stereocenters. The fourth-order valence-electron chi connectivity index (χ4n) is 2.96. The number of carbonyl (C=O) groups excluding carboxylic acids is 2. The summed E-state index contributed by atoms with van der Waals surface area (Å²) < 4.78 is 10.8. The number of halogens is 2. The van der Waals surface area contributed by atoms with Gasteiger partial charge in [-0.15, -0.1) is 0 Å². The van der Waals surface area contributed by atoms with Gasteiger partial charge >= 0.3 is 5.97 Å². The van der Waals surface area contributed by atoms with Crippen LogP contribution in [0.3, 0.4) is 0 Å². The number of carbonyl (C=O) groups is 2. The molecule has 0 aromatic heterocycles. The lowest BCUT2D eigenvalue weighted by atomic mass is 10.1. The normalized spacial score (nSPS) is 10.8. The predicted molar refractivity (Wildman–Crippen MR) is 132 cm³/mol. The minimum Gasteiger partial charge on any atom is -0.488 e. The number of nitrogens with one attached hydrogen (secondary N) is 1. The molecule has 1 amide bonds. The standard InChI is InChI=1S/C26H20Cl2N2O4/c1-2-33-26(32)18-6-9-23(10-7-18)30-25(31)20(15-29)13-19-14-22(28)8-11-24(19)34-16-17-4-3-5-21(27)12-17/h3-14H,2,16H2,1H3,(H,30,31)/b20-13+. The van der Waals surface area contributed by atoms with E-state index in [9.17, 15) is 14.9 Å². The first kappa shape index (κ1) is 24.8. The molecule has 0 heterocycles. The highest BCUT2D eigenvalue weighted by Crippen LogP contribution is 2.27. The summed E-state index contributed by atoms with van der Waals surface area (Å²) in [4.78, 5) is 24.5. The summed E-state index contributed by atoms with van der Waals surface area (Å²) in [5.41, 5.74) is 1.96. The van der Waals surface area contributed by atoms with E-state index in [4.69, 9.17) is 32.7 Å². The maximum absolute atomic E-state index is 12.7. The molecule has 0 fully saturated rings. The Bertz CT molecular complexity index is 1260. The molecule has 172 valence electrons. The van der Waals surface area contributed by atoms with Crippen molar-refractivity contribution in [1.29, 1.82) is 5.26 Å². The van der Waals surface area contributed by atoms with E-state index in [0.717, 1.165) is 5.56 Å². The number of ether oxygens (including phenoxy) is 2. The Morgan fingerprint density at radius 2 is 1.76 bits per heavy atom. The van der Waals surface area contributed by atoms with Gasteiger partial charge in [-0.3, -0.25) is 4.79 Å². The zero-order valence-electron chi connectivity index (χ0n) is 18.2. The third-order valence-electron chi connectivity index (χ3n) is 4.57. The molecule has 0 saturated carbocycles. The molecule has 3 rings (SSSR count). The number of esters is 1. The molecule has 3 aromatic rings. The van der Waals surface area contributed by atoms with E-state index in [0.29, 0.717) is 32.6 Å². The van der Waals surface area contributed by atoms with Crippen molar-refractivity contribution in [2.24, 2.45) is 0 Å². The van der Waals surface area contributed by atoms with Gasteiger partial charge < -0.3 is 14.8 Å². The molecule has 0 spiro atoms. The van der Waals surface area contributed by atoms with E-state index in [2.05, 4.69) is 5.32 Å². The Morgan fingerprint density at radius 1 is 1.03 bits per heavy atom. The number of hydrogen-bond donors (Lipinski definition) is 1. The van der Waals surface area contributed by atoms with E-state index in [-0.39, 0.29) is 18.8 Å². The zero-order valence-corrected chi connectivity index (χ0v) is 19.7. The van der Waals surface area contributed by atoms with Crippen molar-refractivity contribution in [2.75, 3.05) is 11.9 Å². The summed E-state index contributed by atoms with van der Waals surface area (Å²) in [5.74, 6) is -0.625. The lowest BCUT2D eigenvalue weighted by Crippen LogP contribution is -2.14. The van der Waals surface area contributed by atoms with Crippen LogP contribution in [-0.2, 0) is 16.1 Å². The molecule has 0 radical (unpaired) electrons. The second-order valence-corrected chi connectivity index (χ2v) is 7.90. The smallest absolute Gasteiger partial charge is 0.338 e. The van der Waals surface area contributed by atoms with Crippen LogP contribution < -0.4 is 10.1 Å². The number of amides is 1. The average molecular weight is 495 g/mol. The molecule has 1 N–H and O–H groups in total. The number of hydrogen-bond acceptors (Lipinski definition) is 5. The van der Waals surface area contributed by atoms with Gasteiger partial charge in [0.25, 0.3) is 5.91 Å². The highest BCUT2D eigenvalue weighted by atomic mass is 35.5. The van der Waals surface area contributed by atoms with Crippen LogP contribution >= 0.6 is 23.2 Å². The number of anilines is 1. The summed E-state index contributed by atoms with van der Waals surface area (Å²) in [6.45, 7) is 2.22. The SMILES string of the molecule is CCOC(=O)c1ccc(NC(=O)/C(C#N)=C/c2cc(Cl)ccc2OCc2cccc(Cl)c2)cc1. The van der Waals surface area contributed by atoms with E-state index in [1.165, 1.54) is 18.2 Å². The number of benzene rings is 3. The summed E-state index contributed by atoms with van der Waals surface area (Å²) in [6.07, 6.45) is 1.40. The van der Waals surface area contributed by atoms with Crippen LogP contribution in [0.5, 0.6) is 5.75 Å². The molecule has 3 aromatic carbocycles. The second-order valence-electron chi connectivity index (χ2n) is 7.02. The van der Waals surface area contributed by atoms with Crippen LogP contribution in [0.25, 0.3) is 6.08 Å². The Labute approximate surface area is 207 Å². The molecular weight excluding hydrogens is 475 g/mol. The van der Waals surface area contributed by atoms with Crippen molar-refractivity contribution in [3.8, 4) is 11.8 Å². The van der Waals surface area contributed by atoms with Gasteiger partial charge in [-0.25, -0.2) is 4.79 Å². The molecule has 0 atom stereocenters. The molecule has 0 bridgehead atoms. The second kappa shape index (κ2) is 11.9. The Morgan fingerprint density at radius 3 is 2.44 bits per heavy atom. The van der Waals surface area contributed by atoms with Gasteiger partial charge in [0.2, 0.25) is 0 Å². The van der Waals surface area contributed by atoms with Gasteiger partial charge in [-0.05, 0) is 73.2 Å². The molecule has 0 aliphatic heterocycles. The van der Waals surface area contributed by atoms with Crippen molar-refractivity contribution in [2.45, 2.75) is 13.5 Å². The van der Waals surface area contributed by atoms with Crippen molar-refractivity contribution in [3.63, 3.8) is 0 Å². The Hall–Kier alpha value is -3.79. The highest BCUT2D eigenvalue weighted by Gasteiger charge is 2.13. The van der Waals surface area contributed by atoms with Crippen LogP contribution in [0.2, 0.25) is 10.0 Å². The van der Waals surface area contributed by atoms with Crippen LogP contribution in [0.1, 0.15) is 28.4 Å². The fraction of sp³-hybridized carbons (Fsp3) is 0.115. The Kier molecular flexibility index (Phi) is 8.69. The fourth-order valence-corrected chi connectivity index (χ4v) is 3.35. The van der Waals surface area contributed by atoms with Gasteiger partial charge in [0.1, 0.15) is 24.0 Å². The topological polar surface area (TPSA) is 88.4 Å². The summed E-state index contributed by atoms with van der Waals surface area (Å²) in [6, 6.07) is 20.2. The van der Waals surface area contributed by atoms with E-state index in [1.54, 1.807) is 49.4 Å². The third-order valence-corrected chi connectivity index (χ3v) is 5.04. The van der Waals surface area contributed by atoms with Crippen molar-refractivity contribution >= 4 is 46.8 Å². The quantitative estimate of drug-likeness (QED) is 0.225. The van der Waals surface area contributed by atoms with Crippen LogP contribution in [0.4, 0.5) is 5.69 Å². The van der Waals surface area contributed by atoms with Gasteiger partial charge in [0.05, 0.1) is 12.2 Å². The first-order valence-corrected chi connectivity index (χ1v) is 11.0. The van der Waals surface area contributed by atoms with Gasteiger partial charge in [-0.1, -0.05) is 35.3 Å². The molecule has 34 heavy (non-hydrogen) atoms. The van der Waals surface area contributed by atoms with E-state index < -0.39 is 11.9 Å². The van der Waals surface area contributed by atoms with Crippen molar-refractivity contribution < 1.29 is 19.1 Å². The number of rotatable bonds is 8. The average Bonchev–Trinajstić information content (AvgIpc) is 2.82. The molecule has 0 saturated heterocycles. The van der Waals surface area contributed by atoms with Gasteiger partial charge in [0.15, 0.2) is 0 Å². The minimum atomic E-state index is -0.618. The van der Waals surface area contributed by atoms with E-state index in [1.807, 2.05) is 18.2 Å². The first-order chi connectivity index (χ1) is 16.4. The third kappa shape index (κ3) is 6.85. The van der Waals surface area contributed by atoms with E-state index >= 15 is 0 Å². The lowest BCUT2D eigenvalue weighted by molar-refractivity contribution is -0.112. The van der Waals surface area contributed by atoms with Crippen molar-refractivity contribution in [1.82, 2.24) is 0 Å². The molecule has 0 aliphatic carbocycles. The molecule has 6 nitrogen and oxygen atoms in total. The van der Waals surface area contributed by atoms with Crippen molar-refractivity contribution in [3.05, 3.63) is 99.0 Å². The van der Waals surface area contributed by atoms with Gasteiger partial charge in [-0.2, -0.15) is 5.26 Å². The minimum absolute atomic E-state index is 0.149. The largest absolute Gasteiger partial charge is 0.488 e. The van der Waals surface area contributed by atoms with Crippen LogP contribution in [0, 0.1) is 11.3 Å². The number of nitriles is 1. The predicted octanol–water partition coefficient (Wildman–Crippen LogP) is 6.29. The molecule has 0 aliphatic rings. The highest BCUT2D eigenvalue weighted by molar-refractivity contribution is 6.31. The maximum Gasteiger partial charge on any atom is 0.338 e. The monoisotopic (exact) mass is 494 g/mol. The summed E-state index contributed by atoms with van der Waals surface area (Å²) in [5, 5.41) is 13.2. The Balaban J connectivity index is 1.77. The number of nitrogens with zero attached hydrogens (tertiary/aromatic N) is 1. The summed E-state index contributed by atoms with van der Waals surface area (Å²) >= 11 is 12.1. The molecular formula is C26H20Cl2N2O4. The lowest BCUT2D eigenvalue weighted by Gasteiger charge is -2.11. The van der Waals surface area contributed by atoms with Crippen LogP contribution in [-0.4, -0.2) is 18.5 Å². The zero-order chi connectivity index (χ0) is 24.5.